The van der Waals surface area contributed by atoms with Gasteiger partial charge in [-0.25, -0.2) is 0 Å². The molecule has 1 aliphatic rings. The smallest absolute Gasteiger partial charge is 0.183 e. The van der Waals surface area contributed by atoms with Crippen molar-refractivity contribution in [1.29, 1.82) is 0 Å². The SMILES string of the molecule is CCC1(O)CN(Cc2nccc(OC)c2OC)C1. The highest BCUT2D eigenvalue weighted by molar-refractivity contribution is 5.42. The first-order chi connectivity index (χ1) is 8.61. The fourth-order valence-electron chi connectivity index (χ4n) is 2.30. The van der Waals surface area contributed by atoms with Crippen LogP contribution >= 0.6 is 0 Å². The van der Waals surface area contributed by atoms with Crippen LogP contribution < -0.4 is 9.47 Å². The minimum absolute atomic E-state index is 0.522. The summed E-state index contributed by atoms with van der Waals surface area (Å²) >= 11 is 0. The number of aromatic nitrogens is 1. The van der Waals surface area contributed by atoms with Gasteiger partial charge in [-0.15, -0.1) is 0 Å². The van der Waals surface area contributed by atoms with Crippen molar-refractivity contribution in [2.75, 3.05) is 27.3 Å². The molecule has 0 aliphatic carbocycles. The van der Waals surface area contributed by atoms with Gasteiger partial charge in [-0.2, -0.15) is 0 Å². The number of nitrogens with zero attached hydrogens (tertiary/aromatic N) is 2. The van der Waals surface area contributed by atoms with Crippen molar-refractivity contribution < 1.29 is 14.6 Å². The van der Waals surface area contributed by atoms with Gasteiger partial charge in [0.1, 0.15) is 5.69 Å². The number of β-amino-alcohol motifs (C(OH)–C–C–N with tert-alkyl or cyclic N) is 1. The van der Waals surface area contributed by atoms with Crippen molar-refractivity contribution in [2.45, 2.75) is 25.5 Å². The Bertz CT molecular complexity index is 417. The quantitative estimate of drug-likeness (QED) is 0.849. The number of hydrogen-bond acceptors (Lipinski definition) is 5. The molecule has 5 heteroatoms. The van der Waals surface area contributed by atoms with E-state index < -0.39 is 5.60 Å². The molecule has 0 unspecified atom stereocenters. The molecule has 18 heavy (non-hydrogen) atoms. The Hall–Kier alpha value is -1.33. The summed E-state index contributed by atoms with van der Waals surface area (Å²) in [7, 11) is 3.22. The summed E-state index contributed by atoms with van der Waals surface area (Å²) in [4.78, 5) is 6.47. The van der Waals surface area contributed by atoms with Crippen molar-refractivity contribution >= 4 is 0 Å². The molecule has 0 amide bonds. The molecule has 0 saturated carbocycles. The van der Waals surface area contributed by atoms with Crippen molar-refractivity contribution in [3.05, 3.63) is 18.0 Å². The van der Waals surface area contributed by atoms with Gasteiger partial charge in [0.25, 0.3) is 0 Å². The number of hydrogen-bond donors (Lipinski definition) is 1. The van der Waals surface area contributed by atoms with Crippen molar-refractivity contribution in [3.63, 3.8) is 0 Å². The lowest BCUT2D eigenvalue weighted by Crippen LogP contribution is -2.60. The van der Waals surface area contributed by atoms with E-state index in [2.05, 4.69) is 9.88 Å². The van der Waals surface area contributed by atoms with E-state index in [1.807, 2.05) is 6.92 Å². The van der Waals surface area contributed by atoms with Crippen LogP contribution in [0.1, 0.15) is 19.0 Å². The van der Waals surface area contributed by atoms with Gasteiger partial charge in [0, 0.05) is 31.9 Å². The number of ether oxygens (including phenoxy) is 2. The zero-order valence-electron chi connectivity index (χ0n) is 11.1. The van der Waals surface area contributed by atoms with Crippen LogP contribution in [0.2, 0.25) is 0 Å². The zero-order chi connectivity index (χ0) is 13.2. The van der Waals surface area contributed by atoms with E-state index >= 15 is 0 Å². The van der Waals surface area contributed by atoms with Crippen LogP contribution in [0.4, 0.5) is 0 Å². The molecule has 1 saturated heterocycles. The maximum absolute atomic E-state index is 9.98. The Balaban J connectivity index is 2.07. The summed E-state index contributed by atoms with van der Waals surface area (Å²) in [5.41, 5.74) is 0.321. The highest BCUT2D eigenvalue weighted by atomic mass is 16.5. The predicted octanol–water partition coefficient (Wildman–Crippen LogP) is 1.06. The van der Waals surface area contributed by atoms with Gasteiger partial charge in [-0.1, -0.05) is 6.92 Å². The molecule has 0 aromatic carbocycles. The van der Waals surface area contributed by atoms with E-state index in [0.29, 0.717) is 31.1 Å². The lowest BCUT2D eigenvalue weighted by Gasteiger charge is -2.46. The lowest BCUT2D eigenvalue weighted by atomic mass is 9.91. The molecule has 0 atom stereocenters. The monoisotopic (exact) mass is 252 g/mol. The first kappa shape index (κ1) is 13.1. The van der Waals surface area contributed by atoms with Crippen molar-refractivity contribution in [3.8, 4) is 11.5 Å². The second-order valence-corrected chi connectivity index (χ2v) is 4.72. The molecule has 0 radical (unpaired) electrons. The zero-order valence-corrected chi connectivity index (χ0v) is 11.1. The molecule has 1 fully saturated rings. The van der Waals surface area contributed by atoms with Crippen LogP contribution in [-0.4, -0.2) is 47.9 Å². The highest BCUT2D eigenvalue weighted by Gasteiger charge is 2.39. The Morgan fingerprint density at radius 1 is 1.39 bits per heavy atom. The fraction of sp³-hybridized carbons (Fsp3) is 0.615. The number of rotatable bonds is 5. The minimum atomic E-state index is -0.522. The summed E-state index contributed by atoms with van der Waals surface area (Å²) < 4.78 is 10.6. The number of aliphatic hydroxyl groups is 1. The summed E-state index contributed by atoms with van der Waals surface area (Å²) in [6.07, 6.45) is 2.49. The molecule has 2 heterocycles. The molecular weight excluding hydrogens is 232 g/mol. The van der Waals surface area contributed by atoms with Crippen LogP contribution in [0.5, 0.6) is 11.5 Å². The van der Waals surface area contributed by atoms with Gasteiger partial charge in [0.2, 0.25) is 0 Å². The van der Waals surface area contributed by atoms with Crippen LogP contribution in [-0.2, 0) is 6.54 Å². The van der Waals surface area contributed by atoms with E-state index in [4.69, 9.17) is 9.47 Å². The average molecular weight is 252 g/mol. The van der Waals surface area contributed by atoms with Gasteiger partial charge in [-0.05, 0) is 6.42 Å². The van der Waals surface area contributed by atoms with E-state index in [-0.39, 0.29) is 0 Å². The molecule has 0 bridgehead atoms. The summed E-state index contributed by atoms with van der Waals surface area (Å²) in [5.74, 6) is 1.36. The lowest BCUT2D eigenvalue weighted by molar-refractivity contribution is -0.104. The molecule has 1 aliphatic heterocycles. The Morgan fingerprint density at radius 3 is 2.67 bits per heavy atom. The topological polar surface area (TPSA) is 54.8 Å². The third kappa shape index (κ3) is 2.42. The summed E-state index contributed by atoms with van der Waals surface area (Å²) in [6, 6.07) is 1.78. The first-order valence-electron chi connectivity index (χ1n) is 6.12. The van der Waals surface area contributed by atoms with Crippen LogP contribution in [0.3, 0.4) is 0 Å². The van der Waals surface area contributed by atoms with Crippen molar-refractivity contribution in [2.24, 2.45) is 0 Å². The van der Waals surface area contributed by atoms with E-state index in [1.165, 1.54) is 0 Å². The van der Waals surface area contributed by atoms with Crippen LogP contribution in [0.15, 0.2) is 12.3 Å². The second-order valence-electron chi connectivity index (χ2n) is 4.72. The molecule has 5 nitrogen and oxygen atoms in total. The molecular formula is C13H20N2O3. The van der Waals surface area contributed by atoms with Gasteiger partial charge < -0.3 is 14.6 Å². The molecule has 1 N–H and O–H groups in total. The summed E-state index contributed by atoms with van der Waals surface area (Å²) in [5, 5.41) is 9.98. The van der Waals surface area contributed by atoms with E-state index in [0.717, 1.165) is 12.1 Å². The third-order valence-corrected chi connectivity index (χ3v) is 3.43. The van der Waals surface area contributed by atoms with Gasteiger partial charge in [0.15, 0.2) is 11.5 Å². The normalized spacial score (nSPS) is 18.2. The van der Waals surface area contributed by atoms with E-state index in [1.54, 1.807) is 26.5 Å². The Labute approximate surface area is 107 Å². The van der Waals surface area contributed by atoms with Gasteiger partial charge in [-0.3, -0.25) is 9.88 Å². The highest BCUT2D eigenvalue weighted by Crippen LogP contribution is 2.32. The molecule has 1 aromatic heterocycles. The Morgan fingerprint density at radius 2 is 2.11 bits per heavy atom. The molecule has 0 spiro atoms. The fourth-order valence-corrected chi connectivity index (χ4v) is 2.30. The number of methoxy groups -OCH3 is 2. The maximum atomic E-state index is 9.98. The predicted molar refractivity (Wildman–Crippen MR) is 67.9 cm³/mol. The third-order valence-electron chi connectivity index (χ3n) is 3.43. The van der Waals surface area contributed by atoms with Gasteiger partial charge >= 0.3 is 0 Å². The largest absolute Gasteiger partial charge is 0.493 e. The summed E-state index contributed by atoms with van der Waals surface area (Å²) in [6.45, 7) is 4.04. The van der Waals surface area contributed by atoms with E-state index in [9.17, 15) is 5.11 Å². The molecule has 1 aromatic rings. The first-order valence-corrected chi connectivity index (χ1v) is 6.12. The minimum Gasteiger partial charge on any atom is -0.493 e. The average Bonchev–Trinajstić information content (AvgIpc) is 2.36. The van der Waals surface area contributed by atoms with Crippen molar-refractivity contribution in [1.82, 2.24) is 9.88 Å². The Kier molecular flexibility index (Phi) is 3.73. The standard InChI is InChI=1S/C13H20N2O3/c1-4-13(16)8-15(9-13)7-10-12(18-3)11(17-2)5-6-14-10/h5-6,16H,4,7-9H2,1-3H3. The maximum Gasteiger partial charge on any atom is 0.183 e. The molecule has 2 rings (SSSR count). The number of pyridine rings is 1. The number of likely N-dealkylation sites (tertiary alicyclic amines) is 1. The van der Waals surface area contributed by atoms with Crippen LogP contribution in [0, 0.1) is 0 Å². The molecule has 100 valence electrons. The second kappa shape index (κ2) is 5.12. The van der Waals surface area contributed by atoms with Gasteiger partial charge in [0.05, 0.1) is 19.8 Å². The van der Waals surface area contributed by atoms with Crippen LogP contribution in [0.25, 0.3) is 0 Å².